The number of nitrogens with zero attached hydrogens (tertiary/aromatic N) is 6. The highest BCUT2D eigenvalue weighted by molar-refractivity contribution is 5.73. The van der Waals surface area contributed by atoms with E-state index in [0.717, 1.165) is 28.7 Å². The molecule has 0 fully saturated rings. The first kappa shape index (κ1) is 17.4. The van der Waals surface area contributed by atoms with Gasteiger partial charge in [0.15, 0.2) is 0 Å². The third-order valence-corrected chi connectivity index (χ3v) is 5.35. The zero-order valence-corrected chi connectivity index (χ0v) is 15.6. The van der Waals surface area contributed by atoms with Crippen LogP contribution < -0.4 is 0 Å². The van der Waals surface area contributed by atoms with Crippen molar-refractivity contribution in [2.45, 2.75) is 45.9 Å². The number of aliphatic carboxylic acids is 1. The summed E-state index contributed by atoms with van der Waals surface area (Å²) in [6.45, 7) is 6.67. The van der Waals surface area contributed by atoms with E-state index in [1.165, 1.54) is 0 Å². The molecule has 4 rings (SSSR count). The first-order valence-electron chi connectivity index (χ1n) is 8.93. The highest BCUT2D eigenvalue weighted by atomic mass is 16.4. The minimum atomic E-state index is -0.828. The molecule has 0 radical (unpaired) electrons. The summed E-state index contributed by atoms with van der Waals surface area (Å²) in [7, 11) is 0. The summed E-state index contributed by atoms with van der Waals surface area (Å²) in [4.78, 5) is 18.1. The number of carbonyl (C=O) groups is 1. The molecule has 0 bridgehead atoms. The van der Waals surface area contributed by atoms with Crippen molar-refractivity contribution in [3.63, 3.8) is 0 Å². The molecule has 140 valence electrons. The molecule has 8 nitrogen and oxygen atoms in total. The van der Waals surface area contributed by atoms with Crippen LogP contribution in [-0.2, 0) is 17.9 Å². The summed E-state index contributed by atoms with van der Waals surface area (Å²) in [6, 6.07) is 7.48. The lowest BCUT2D eigenvalue weighted by Gasteiger charge is -2.37. The molecule has 2 unspecified atom stereocenters. The number of aromatic nitrogens is 5. The number of hydrogen-bond acceptors (Lipinski definition) is 5. The fraction of sp³-hybridized carbons (Fsp3) is 0.368. The topological polar surface area (TPSA) is 89.1 Å². The Morgan fingerprint density at radius 3 is 2.56 bits per heavy atom. The quantitative estimate of drug-likeness (QED) is 0.761. The third kappa shape index (κ3) is 3.02. The third-order valence-electron chi connectivity index (χ3n) is 5.35. The SMILES string of the molecule is Cc1nccn1-c1ccc(C(C)N2Cc3nnc(C)n3CC2C(=O)O)cc1. The van der Waals surface area contributed by atoms with E-state index >= 15 is 0 Å². The van der Waals surface area contributed by atoms with Crippen molar-refractivity contribution in [3.05, 3.63) is 59.7 Å². The number of carboxylic acids is 1. The monoisotopic (exact) mass is 366 g/mol. The lowest BCUT2D eigenvalue weighted by Crippen LogP contribution is -2.48. The Bertz CT molecular complexity index is 975. The summed E-state index contributed by atoms with van der Waals surface area (Å²) < 4.78 is 3.91. The Labute approximate surface area is 157 Å². The van der Waals surface area contributed by atoms with Crippen LogP contribution in [0.3, 0.4) is 0 Å². The minimum Gasteiger partial charge on any atom is -0.480 e. The molecule has 2 aromatic heterocycles. The van der Waals surface area contributed by atoms with Gasteiger partial charge in [0.05, 0.1) is 13.1 Å². The summed E-state index contributed by atoms with van der Waals surface area (Å²) in [5.41, 5.74) is 2.09. The number of aryl methyl sites for hydroxylation is 2. The molecule has 0 spiro atoms. The molecular formula is C19H22N6O2. The molecule has 3 aromatic rings. The van der Waals surface area contributed by atoms with E-state index in [4.69, 9.17) is 0 Å². The molecule has 0 saturated heterocycles. The van der Waals surface area contributed by atoms with Gasteiger partial charge in [-0.2, -0.15) is 0 Å². The first-order valence-corrected chi connectivity index (χ1v) is 8.93. The molecule has 1 aliphatic heterocycles. The number of fused-ring (bicyclic) bond motifs is 1. The smallest absolute Gasteiger partial charge is 0.322 e. The second-order valence-electron chi connectivity index (χ2n) is 6.91. The molecule has 0 saturated carbocycles. The van der Waals surface area contributed by atoms with Crippen molar-refractivity contribution in [3.8, 4) is 5.69 Å². The van der Waals surface area contributed by atoms with Gasteiger partial charge in [-0.3, -0.25) is 9.69 Å². The van der Waals surface area contributed by atoms with E-state index in [1.54, 1.807) is 6.20 Å². The average molecular weight is 366 g/mol. The molecule has 1 aliphatic rings. The number of carboxylic acid groups (broad SMARTS) is 1. The van der Waals surface area contributed by atoms with Crippen LogP contribution >= 0.6 is 0 Å². The molecule has 0 amide bonds. The van der Waals surface area contributed by atoms with Gasteiger partial charge in [-0.05, 0) is 38.5 Å². The zero-order valence-electron chi connectivity index (χ0n) is 15.6. The molecule has 3 heterocycles. The Kier molecular flexibility index (Phi) is 4.27. The highest BCUT2D eigenvalue weighted by Crippen LogP contribution is 2.29. The van der Waals surface area contributed by atoms with Crippen molar-refractivity contribution in [2.75, 3.05) is 0 Å². The largest absolute Gasteiger partial charge is 0.480 e. The Hall–Kier alpha value is -3.00. The standard InChI is InChI=1S/C19H22N6O2/c1-12(15-4-6-16(7-5-15)23-9-8-20-13(23)2)24-11-18-22-21-14(3)25(18)10-17(24)19(26)27/h4-9,12,17H,10-11H2,1-3H3,(H,26,27). The summed E-state index contributed by atoms with van der Waals surface area (Å²) >= 11 is 0. The highest BCUT2D eigenvalue weighted by Gasteiger charge is 2.36. The number of imidazole rings is 1. The van der Waals surface area contributed by atoms with Gasteiger partial charge in [-0.1, -0.05) is 12.1 Å². The van der Waals surface area contributed by atoms with Crippen LogP contribution in [0.2, 0.25) is 0 Å². The molecule has 27 heavy (non-hydrogen) atoms. The van der Waals surface area contributed by atoms with Crippen molar-refractivity contribution < 1.29 is 9.90 Å². The van der Waals surface area contributed by atoms with Crippen LogP contribution in [0.4, 0.5) is 0 Å². The van der Waals surface area contributed by atoms with Crippen LogP contribution in [0.15, 0.2) is 36.7 Å². The fourth-order valence-electron chi connectivity index (χ4n) is 3.71. The maximum Gasteiger partial charge on any atom is 0.322 e. The van der Waals surface area contributed by atoms with Gasteiger partial charge in [0.1, 0.15) is 23.5 Å². The van der Waals surface area contributed by atoms with Gasteiger partial charge < -0.3 is 14.2 Å². The van der Waals surface area contributed by atoms with Crippen LogP contribution in [0.5, 0.6) is 0 Å². The predicted molar refractivity (Wildman–Crippen MR) is 98.4 cm³/mol. The minimum absolute atomic E-state index is 0.0604. The van der Waals surface area contributed by atoms with Gasteiger partial charge in [-0.15, -0.1) is 10.2 Å². The molecule has 1 N–H and O–H groups in total. The van der Waals surface area contributed by atoms with Gasteiger partial charge >= 0.3 is 5.97 Å². The first-order chi connectivity index (χ1) is 13.0. The lowest BCUT2D eigenvalue weighted by atomic mass is 10.0. The maximum atomic E-state index is 11.9. The molecule has 8 heteroatoms. The predicted octanol–water partition coefficient (Wildman–Crippen LogP) is 2.11. The zero-order chi connectivity index (χ0) is 19.1. The van der Waals surface area contributed by atoms with Crippen molar-refractivity contribution in [2.24, 2.45) is 0 Å². The second kappa shape index (κ2) is 6.62. The van der Waals surface area contributed by atoms with Gasteiger partial charge in [0.25, 0.3) is 0 Å². The van der Waals surface area contributed by atoms with E-state index in [1.807, 2.05) is 65.3 Å². The van der Waals surface area contributed by atoms with E-state index in [-0.39, 0.29) is 6.04 Å². The summed E-state index contributed by atoms with van der Waals surface area (Å²) in [5.74, 6) is 1.66. The van der Waals surface area contributed by atoms with Crippen LogP contribution in [0.25, 0.3) is 5.69 Å². The lowest BCUT2D eigenvalue weighted by molar-refractivity contribution is -0.146. The molecule has 0 aliphatic carbocycles. The number of hydrogen-bond donors (Lipinski definition) is 1. The molecule has 2 atom stereocenters. The summed E-state index contributed by atoms with van der Waals surface area (Å²) in [5, 5.41) is 18.0. The van der Waals surface area contributed by atoms with Crippen molar-refractivity contribution >= 4 is 5.97 Å². The van der Waals surface area contributed by atoms with Crippen LogP contribution in [0, 0.1) is 13.8 Å². The maximum absolute atomic E-state index is 11.9. The number of rotatable bonds is 4. The van der Waals surface area contributed by atoms with Gasteiger partial charge in [0, 0.05) is 24.1 Å². The number of benzene rings is 1. The van der Waals surface area contributed by atoms with E-state index < -0.39 is 12.0 Å². The molecule has 1 aromatic carbocycles. The van der Waals surface area contributed by atoms with Gasteiger partial charge in [-0.25, -0.2) is 4.98 Å². The molecular weight excluding hydrogens is 344 g/mol. The Balaban J connectivity index is 1.62. The second-order valence-corrected chi connectivity index (χ2v) is 6.91. The van der Waals surface area contributed by atoms with Gasteiger partial charge in [0.2, 0.25) is 0 Å². The van der Waals surface area contributed by atoms with Crippen LogP contribution in [-0.4, -0.2) is 46.3 Å². The Morgan fingerprint density at radius 2 is 1.93 bits per heavy atom. The van der Waals surface area contributed by atoms with E-state index in [2.05, 4.69) is 15.2 Å². The summed E-state index contributed by atoms with van der Waals surface area (Å²) in [6.07, 6.45) is 3.70. The van der Waals surface area contributed by atoms with E-state index in [0.29, 0.717) is 13.1 Å². The van der Waals surface area contributed by atoms with Crippen LogP contribution in [0.1, 0.15) is 36.0 Å². The fourth-order valence-corrected chi connectivity index (χ4v) is 3.71. The van der Waals surface area contributed by atoms with E-state index in [9.17, 15) is 9.90 Å². The average Bonchev–Trinajstić information content (AvgIpc) is 3.26. The van der Waals surface area contributed by atoms with Crippen molar-refractivity contribution in [1.29, 1.82) is 0 Å². The normalized spacial score (nSPS) is 18.3. The van der Waals surface area contributed by atoms with Crippen molar-refractivity contribution in [1.82, 2.24) is 29.2 Å². The Morgan fingerprint density at radius 1 is 1.19 bits per heavy atom.